The zero-order valence-corrected chi connectivity index (χ0v) is 18.6. The van der Waals surface area contributed by atoms with E-state index in [1.54, 1.807) is 20.8 Å². The highest BCUT2D eigenvalue weighted by molar-refractivity contribution is 7.07. The maximum absolute atomic E-state index is 13.0. The lowest BCUT2D eigenvalue weighted by atomic mass is 9.91. The monoisotopic (exact) mass is 454 g/mol. The molecule has 2 rings (SSSR count). The molecule has 0 fully saturated rings. The molecule has 0 atom stereocenters. The van der Waals surface area contributed by atoms with Gasteiger partial charge in [-0.25, -0.2) is 0 Å². The predicted molar refractivity (Wildman–Crippen MR) is 115 cm³/mol. The highest BCUT2D eigenvalue weighted by Gasteiger charge is 2.30. The van der Waals surface area contributed by atoms with Crippen LogP contribution in [-0.2, 0) is 22.3 Å². The molecule has 1 aromatic heterocycles. The van der Waals surface area contributed by atoms with E-state index in [1.165, 1.54) is 28.9 Å². The summed E-state index contributed by atoms with van der Waals surface area (Å²) in [7, 11) is 0. The van der Waals surface area contributed by atoms with Crippen LogP contribution in [0.25, 0.3) is 12.2 Å². The van der Waals surface area contributed by atoms with Crippen molar-refractivity contribution in [3.63, 3.8) is 0 Å². The average Bonchev–Trinajstić information content (AvgIpc) is 2.94. The number of thiazole rings is 1. The molecule has 0 aliphatic rings. The first-order valence-corrected chi connectivity index (χ1v) is 10.6. The first kappa shape index (κ1) is 24.6. The molecule has 31 heavy (non-hydrogen) atoms. The highest BCUT2D eigenvalue weighted by atomic mass is 32.1. The molecule has 1 amide bonds. The zero-order chi connectivity index (χ0) is 23.4. The number of aromatic nitrogens is 1. The van der Waals surface area contributed by atoms with Gasteiger partial charge >= 0.3 is 6.18 Å². The number of nitrogens with zero attached hydrogens (tertiary/aromatic N) is 1. The number of ketones is 1. The molecule has 0 unspecified atom stereocenters. The first-order chi connectivity index (χ1) is 14.3. The Morgan fingerprint density at radius 3 is 2.45 bits per heavy atom. The minimum absolute atomic E-state index is 0.135. The molecule has 0 saturated heterocycles. The normalized spacial score (nSPS) is 13.5. The van der Waals surface area contributed by atoms with Gasteiger partial charge in [-0.15, -0.1) is 11.3 Å². The summed E-state index contributed by atoms with van der Waals surface area (Å²) in [4.78, 5) is 37.6. The molecule has 1 heterocycles. The number of rotatable bonds is 6. The van der Waals surface area contributed by atoms with E-state index in [9.17, 15) is 27.6 Å². The summed E-state index contributed by atoms with van der Waals surface area (Å²) in [6, 6.07) is 4.61. The van der Waals surface area contributed by atoms with Crippen LogP contribution in [0, 0.1) is 5.41 Å². The van der Waals surface area contributed by atoms with Gasteiger partial charge in [-0.05, 0) is 30.2 Å². The molecule has 2 aromatic rings. The molecule has 1 aromatic carbocycles. The molecule has 0 radical (unpaired) electrons. The molecule has 0 bridgehead atoms. The van der Waals surface area contributed by atoms with Crippen LogP contribution >= 0.6 is 11.3 Å². The van der Waals surface area contributed by atoms with Crippen molar-refractivity contribution in [3.8, 4) is 0 Å². The Kier molecular flexibility index (Phi) is 7.64. The lowest BCUT2D eigenvalue weighted by Crippen LogP contribution is -2.38. The number of amides is 1. The van der Waals surface area contributed by atoms with Gasteiger partial charge in [0.15, 0.2) is 5.78 Å². The largest absolute Gasteiger partial charge is 0.416 e. The van der Waals surface area contributed by atoms with Gasteiger partial charge in [-0.3, -0.25) is 19.0 Å². The van der Waals surface area contributed by atoms with Crippen molar-refractivity contribution >= 4 is 35.2 Å². The Labute approximate surface area is 181 Å². The lowest BCUT2D eigenvalue weighted by molar-refractivity contribution is -0.137. The molecular weight excluding hydrogens is 429 g/mol. The number of Topliss-reactive ketones (excluding diaryl/α,β-unsaturated/α-hetero) is 1. The Hall–Kier alpha value is -2.68. The number of benzene rings is 1. The first-order valence-electron chi connectivity index (χ1n) is 9.74. The van der Waals surface area contributed by atoms with Crippen LogP contribution < -0.4 is 20.1 Å². The molecular formula is C22H25F3N2O3S. The number of carbonyl (C=O) groups is 2. The van der Waals surface area contributed by atoms with Crippen LogP contribution in [-0.4, -0.2) is 22.8 Å². The third kappa shape index (κ3) is 6.65. The number of hydrogen-bond acceptors (Lipinski definition) is 4. The molecule has 1 N–H and O–H groups in total. The fourth-order valence-corrected chi connectivity index (χ4v) is 3.58. The predicted octanol–water partition coefficient (Wildman–Crippen LogP) is 2.68. The third-order valence-corrected chi connectivity index (χ3v) is 5.38. The van der Waals surface area contributed by atoms with Crippen molar-refractivity contribution in [2.75, 3.05) is 6.54 Å². The number of halogens is 3. The summed E-state index contributed by atoms with van der Waals surface area (Å²) in [5, 5.41) is 2.67. The van der Waals surface area contributed by atoms with Crippen LogP contribution in [0.15, 0.2) is 29.1 Å². The van der Waals surface area contributed by atoms with Gasteiger partial charge in [0.25, 0.3) is 5.56 Å². The minimum Gasteiger partial charge on any atom is -0.355 e. The SMILES string of the molecule is CCCNC(=O)Cn1c(=O)/c(=C\c2cccc(C(F)(F)F)c2)s/c1=C/C(=O)C(C)(C)C. The van der Waals surface area contributed by atoms with Crippen molar-refractivity contribution in [2.45, 2.75) is 46.8 Å². The average molecular weight is 455 g/mol. The molecule has 0 aliphatic carbocycles. The van der Waals surface area contributed by atoms with Gasteiger partial charge in [-0.2, -0.15) is 13.2 Å². The van der Waals surface area contributed by atoms with Crippen LogP contribution in [0.2, 0.25) is 0 Å². The number of hydrogen-bond donors (Lipinski definition) is 1. The van der Waals surface area contributed by atoms with E-state index in [2.05, 4.69) is 5.32 Å². The summed E-state index contributed by atoms with van der Waals surface area (Å²) in [6.45, 7) is 7.23. The Balaban J connectivity index is 2.62. The van der Waals surface area contributed by atoms with Crippen molar-refractivity contribution in [1.29, 1.82) is 0 Å². The fourth-order valence-electron chi connectivity index (χ4n) is 2.54. The summed E-state index contributed by atoms with van der Waals surface area (Å²) >= 11 is 0.962. The minimum atomic E-state index is -4.51. The second-order valence-corrected chi connectivity index (χ2v) is 9.13. The van der Waals surface area contributed by atoms with E-state index in [-0.39, 0.29) is 33.0 Å². The van der Waals surface area contributed by atoms with Gasteiger partial charge < -0.3 is 5.32 Å². The van der Waals surface area contributed by atoms with E-state index in [0.29, 0.717) is 6.54 Å². The summed E-state index contributed by atoms with van der Waals surface area (Å²) in [5.74, 6) is -0.618. The van der Waals surface area contributed by atoms with Crippen LogP contribution in [0.4, 0.5) is 13.2 Å². The number of nitrogens with one attached hydrogen (secondary N) is 1. The van der Waals surface area contributed by atoms with E-state index < -0.39 is 22.7 Å². The van der Waals surface area contributed by atoms with Crippen LogP contribution in [0.5, 0.6) is 0 Å². The van der Waals surface area contributed by atoms with E-state index in [4.69, 9.17) is 0 Å². The highest BCUT2D eigenvalue weighted by Crippen LogP contribution is 2.29. The Bertz CT molecular complexity index is 1140. The lowest BCUT2D eigenvalue weighted by Gasteiger charge is -2.12. The topological polar surface area (TPSA) is 68.2 Å². The standard InChI is InChI=1S/C22H25F3N2O3S/c1-5-9-26-18(29)13-27-19(12-17(28)21(2,3)4)31-16(20(27)30)11-14-7-6-8-15(10-14)22(23,24)25/h6-8,10-12H,5,9,13H2,1-4H3,(H,26,29)/b16-11+,19-12+. The van der Waals surface area contributed by atoms with Gasteiger partial charge in [0, 0.05) is 18.0 Å². The molecule has 0 aliphatic heterocycles. The van der Waals surface area contributed by atoms with Crippen molar-refractivity contribution in [1.82, 2.24) is 9.88 Å². The Morgan fingerprint density at radius 2 is 1.87 bits per heavy atom. The zero-order valence-electron chi connectivity index (χ0n) is 17.8. The van der Waals surface area contributed by atoms with Crippen molar-refractivity contribution in [3.05, 3.63) is 54.9 Å². The van der Waals surface area contributed by atoms with Gasteiger partial charge in [0.2, 0.25) is 5.91 Å². The van der Waals surface area contributed by atoms with Gasteiger partial charge in [-0.1, -0.05) is 39.8 Å². The third-order valence-electron chi connectivity index (χ3n) is 4.32. The summed E-state index contributed by atoms with van der Waals surface area (Å²) < 4.78 is 40.6. The Morgan fingerprint density at radius 1 is 1.19 bits per heavy atom. The quantitative estimate of drug-likeness (QED) is 0.730. The molecule has 9 heteroatoms. The van der Waals surface area contributed by atoms with Gasteiger partial charge in [0.05, 0.1) is 10.1 Å². The molecule has 5 nitrogen and oxygen atoms in total. The molecule has 168 valence electrons. The molecule has 0 spiro atoms. The second-order valence-electron chi connectivity index (χ2n) is 8.07. The van der Waals surface area contributed by atoms with Gasteiger partial charge in [0.1, 0.15) is 11.2 Å². The van der Waals surface area contributed by atoms with Crippen LogP contribution in [0.3, 0.4) is 0 Å². The number of alkyl halides is 3. The van der Waals surface area contributed by atoms with E-state index >= 15 is 0 Å². The smallest absolute Gasteiger partial charge is 0.355 e. The van der Waals surface area contributed by atoms with E-state index in [0.717, 1.165) is 29.9 Å². The molecule has 0 saturated carbocycles. The summed E-state index contributed by atoms with van der Waals surface area (Å²) in [5.41, 5.74) is -1.86. The fraction of sp³-hybridized carbons (Fsp3) is 0.409. The van der Waals surface area contributed by atoms with Crippen molar-refractivity contribution in [2.24, 2.45) is 5.41 Å². The van der Waals surface area contributed by atoms with Crippen LogP contribution in [0.1, 0.15) is 45.2 Å². The number of carbonyl (C=O) groups excluding carboxylic acids is 2. The maximum atomic E-state index is 13.0. The summed E-state index contributed by atoms with van der Waals surface area (Å²) in [6.07, 6.45) is -1.14. The van der Waals surface area contributed by atoms with Crippen molar-refractivity contribution < 1.29 is 22.8 Å². The van der Waals surface area contributed by atoms with E-state index in [1.807, 2.05) is 6.92 Å². The second kappa shape index (κ2) is 9.64. The maximum Gasteiger partial charge on any atom is 0.416 e.